The first kappa shape index (κ1) is 17.4. The molecule has 1 saturated heterocycles. The molecule has 1 N–H and O–H groups in total. The van der Waals surface area contributed by atoms with Crippen LogP contribution in [0, 0.1) is 0 Å². The zero-order valence-corrected chi connectivity index (χ0v) is 15.4. The van der Waals surface area contributed by atoms with Crippen LogP contribution in [0.3, 0.4) is 0 Å². The summed E-state index contributed by atoms with van der Waals surface area (Å²) in [5.74, 6) is -0.199. The van der Waals surface area contributed by atoms with Crippen LogP contribution in [-0.4, -0.2) is 59.1 Å². The molecule has 0 radical (unpaired) electrons. The van der Waals surface area contributed by atoms with Crippen molar-refractivity contribution in [2.24, 2.45) is 0 Å². The Morgan fingerprint density at radius 2 is 2.04 bits per heavy atom. The molecule has 0 aliphatic carbocycles. The van der Waals surface area contributed by atoms with Gasteiger partial charge in [0.15, 0.2) is 15.5 Å². The second-order valence-electron chi connectivity index (χ2n) is 7.38. The molecule has 0 unspecified atom stereocenters. The zero-order valence-electron chi connectivity index (χ0n) is 14.6. The van der Waals surface area contributed by atoms with E-state index < -0.39 is 14.6 Å². The fourth-order valence-electron chi connectivity index (χ4n) is 3.38. The fourth-order valence-corrected chi connectivity index (χ4v) is 4.80. The van der Waals surface area contributed by atoms with Gasteiger partial charge in [0.25, 0.3) is 5.91 Å². The smallest absolute Gasteiger partial charge is 0.274 e. The molecule has 7 nitrogen and oxygen atoms in total. The number of aromatic amines is 1. The number of nitrogens with one attached hydrogen (secondary N) is 1. The number of carbonyl (C=O) groups is 1. The van der Waals surface area contributed by atoms with E-state index in [-0.39, 0.29) is 30.4 Å². The Labute approximate surface area is 142 Å². The van der Waals surface area contributed by atoms with Crippen LogP contribution in [0.25, 0.3) is 0 Å². The molecule has 0 saturated carbocycles. The van der Waals surface area contributed by atoms with E-state index >= 15 is 0 Å². The highest BCUT2D eigenvalue weighted by molar-refractivity contribution is 7.92. The lowest BCUT2D eigenvalue weighted by Gasteiger charge is -2.26. The molecule has 1 aromatic rings. The summed E-state index contributed by atoms with van der Waals surface area (Å²) in [6, 6.07) is 0. The molecule has 0 bridgehead atoms. The Hall–Kier alpha value is -1.41. The van der Waals surface area contributed by atoms with Gasteiger partial charge < -0.3 is 9.64 Å². The van der Waals surface area contributed by atoms with Gasteiger partial charge in [-0.3, -0.25) is 9.89 Å². The van der Waals surface area contributed by atoms with E-state index in [0.717, 1.165) is 11.3 Å². The molecule has 2 aliphatic heterocycles. The van der Waals surface area contributed by atoms with Crippen molar-refractivity contribution >= 4 is 15.7 Å². The highest BCUT2D eigenvalue weighted by Gasteiger charge is 2.39. The van der Waals surface area contributed by atoms with E-state index in [4.69, 9.17) is 4.74 Å². The van der Waals surface area contributed by atoms with Crippen LogP contribution >= 0.6 is 0 Å². The Balaban J connectivity index is 1.86. The maximum Gasteiger partial charge on any atom is 0.274 e. The van der Waals surface area contributed by atoms with Crippen molar-refractivity contribution in [3.05, 3.63) is 17.0 Å². The van der Waals surface area contributed by atoms with Crippen molar-refractivity contribution in [1.29, 1.82) is 0 Å². The van der Waals surface area contributed by atoms with Gasteiger partial charge in [-0.2, -0.15) is 5.10 Å². The van der Waals surface area contributed by atoms with Crippen LogP contribution in [0.4, 0.5) is 0 Å². The van der Waals surface area contributed by atoms with Crippen molar-refractivity contribution in [3.63, 3.8) is 0 Å². The maximum atomic E-state index is 12.9. The van der Waals surface area contributed by atoms with Crippen molar-refractivity contribution in [1.82, 2.24) is 15.1 Å². The number of hydrogen-bond acceptors (Lipinski definition) is 5. The number of ether oxygens (including phenoxy) is 1. The predicted molar refractivity (Wildman–Crippen MR) is 89.6 cm³/mol. The van der Waals surface area contributed by atoms with Gasteiger partial charge in [-0.15, -0.1) is 0 Å². The third-order valence-corrected chi connectivity index (χ3v) is 7.79. The quantitative estimate of drug-likeness (QED) is 0.823. The highest BCUT2D eigenvalue weighted by atomic mass is 32.2. The van der Waals surface area contributed by atoms with Crippen LogP contribution < -0.4 is 0 Å². The minimum absolute atomic E-state index is 0.00568. The number of nitrogens with zero attached hydrogens (tertiary/aromatic N) is 2. The molecule has 3 rings (SSSR count). The number of sulfone groups is 1. The number of amides is 1. The Morgan fingerprint density at radius 1 is 1.33 bits per heavy atom. The minimum atomic E-state index is -3.21. The van der Waals surface area contributed by atoms with Crippen LogP contribution in [0.1, 0.15) is 62.0 Å². The predicted octanol–water partition coefficient (Wildman–Crippen LogP) is 1.47. The lowest BCUT2D eigenvalue weighted by molar-refractivity contribution is -0.00701. The number of H-pyrrole nitrogens is 1. The Morgan fingerprint density at radius 3 is 2.75 bits per heavy atom. The van der Waals surface area contributed by atoms with E-state index in [1.807, 2.05) is 13.8 Å². The summed E-state index contributed by atoms with van der Waals surface area (Å²) < 4.78 is 29.6. The summed E-state index contributed by atoms with van der Waals surface area (Å²) >= 11 is 0. The standard InChI is InChI=1S/C16H25N3O4S/c1-10-9-12-13(11(2)23-10)17-18-14(12)15(20)19-6-5-16(3,4)24(21,22)8-7-19/h10-11H,5-9H2,1-4H3,(H,17,18)/t10-,11+/m1/s1. The van der Waals surface area contributed by atoms with Crippen molar-refractivity contribution in [3.8, 4) is 0 Å². The first-order chi connectivity index (χ1) is 11.1. The first-order valence-corrected chi connectivity index (χ1v) is 10.0. The lowest BCUT2D eigenvalue weighted by Crippen LogP contribution is -2.35. The molecule has 1 amide bonds. The summed E-state index contributed by atoms with van der Waals surface area (Å²) in [6.45, 7) is 8.01. The molecule has 8 heteroatoms. The summed E-state index contributed by atoms with van der Waals surface area (Å²) in [5, 5.41) is 7.14. The second-order valence-corrected chi connectivity index (χ2v) is 10.1. The van der Waals surface area contributed by atoms with Gasteiger partial charge in [-0.05, 0) is 34.1 Å². The van der Waals surface area contributed by atoms with Crippen molar-refractivity contribution in [2.75, 3.05) is 18.8 Å². The average molecular weight is 355 g/mol. The lowest BCUT2D eigenvalue weighted by atomic mass is 9.99. The largest absolute Gasteiger partial charge is 0.369 e. The number of carbonyl (C=O) groups excluding carboxylic acids is 1. The van der Waals surface area contributed by atoms with Gasteiger partial charge in [0.1, 0.15) is 0 Å². The van der Waals surface area contributed by atoms with E-state index in [0.29, 0.717) is 25.1 Å². The van der Waals surface area contributed by atoms with Crippen molar-refractivity contribution in [2.45, 2.75) is 57.5 Å². The van der Waals surface area contributed by atoms with Gasteiger partial charge in [-0.1, -0.05) is 0 Å². The molecule has 134 valence electrons. The Bertz CT molecular complexity index is 753. The molecule has 1 fully saturated rings. The van der Waals surface area contributed by atoms with Gasteiger partial charge >= 0.3 is 0 Å². The van der Waals surface area contributed by atoms with Crippen LogP contribution in [0.5, 0.6) is 0 Å². The first-order valence-electron chi connectivity index (χ1n) is 8.36. The number of aromatic nitrogens is 2. The van der Waals surface area contributed by atoms with Gasteiger partial charge in [-0.25, -0.2) is 8.42 Å². The monoisotopic (exact) mass is 355 g/mol. The average Bonchev–Trinajstić information content (AvgIpc) is 2.85. The molecule has 3 heterocycles. The summed E-state index contributed by atoms with van der Waals surface area (Å²) in [7, 11) is -3.21. The van der Waals surface area contributed by atoms with Crippen LogP contribution in [-0.2, 0) is 21.0 Å². The van der Waals surface area contributed by atoms with E-state index in [2.05, 4.69) is 10.2 Å². The molecule has 1 aromatic heterocycles. The summed E-state index contributed by atoms with van der Waals surface area (Å²) in [5.41, 5.74) is 2.15. The molecule has 0 aromatic carbocycles. The summed E-state index contributed by atoms with van der Waals surface area (Å²) in [4.78, 5) is 14.5. The van der Waals surface area contributed by atoms with E-state index in [9.17, 15) is 13.2 Å². The van der Waals surface area contributed by atoms with E-state index in [1.54, 1.807) is 18.7 Å². The third kappa shape index (κ3) is 2.86. The van der Waals surface area contributed by atoms with Crippen molar-refractivity contribution < 1.29 is 17.9 Å². The molecular formula is C16H25N3O4S. The van der Waals surface area contributed by atoms with Gasteiger partial charge in [0.05, 0.1) is 28.4 Å². The molecule has 0 spiro atoms. The molecule has 2 atom stereocenters. The maximum absolute atomic E-state index is 12.9. The van der Waals surface area contributed by atoms with Crippen LogP contribution in [0.15, 0.2) is 0 Å². The van der Waals surface area contributed by atoms with Crippen LogP contribution in [0.2, 0.25) is 0 Å². The topological polar surface area (TPSA) is 92.4 Å². The summed E-state index contributed by atoms with van der Waals surface area (Å²) in [6.07, 6.45) is 0.972. The zero-order chi connectivity index (χ0) is 17.7. The molecule has 24 heavy (non-hydrogen) atoms. The number of fused-ring (bicyclic) bond motifs is 1. The Kier molecular flexibility index (Phi) is 4.24. The number of hydrogen-bond donors (Lipinski definition) is 1. The number of rotatable bonds is 1. The third-order valence-electron chi connectivity index (χ3n) is 5.18. The van der Waals surface area contributed by atoms with Gasteiger partial charge in [0, 0.05) is 25.1 Å². The normalized spacial score (nSPS) is 28.9. The second kappa shape index (κ2) is 5.84. The SMILES string of the molecule is C[C@@H]1Cc2c(C(=O)N3CCC(C)(C)S(=O)(=O)CC3)n[nH]c2[C@H](C)O1. The fraction of sp³-hybridized carbons (Fsp3) is 0.750. The molecule has 2 aliphatic rings. The molecular weight excluding hydrogens is 330 g/mol. The van der Waals surface area contributed by atoms with Gasteiger partial charge in [0.2, 0.25) is 0 Å². The minimum Gasteiger partial charge on any atom is -0.369 e. The van der Waals surface area contributed by atoms with E-state index in [1.165, 1.54) is 0 Å². The highest BCUT2D eigenvalue weighted by Crippen LogP contribution is 2.31.